The molecular formula is C21H28N4O6S2. The summed E-state index contributed by atoms with van der Waals surface area (Å²) in [4.78, 5) is 41.7. The number of sulfonamides is 1. The van der Waals surface area contributed by atoms with E-state index < -0.39 is 21.9 Å². The first kappa shape index (κ1) is 26.4. The molecule has 10 nitrogen and oxygen atoms in total. The van der Waals surface area contributed by atoms with Crippen molar-refractivity contribution in [1.82, 2.24) is 14.6 Å². The average molecular weight is 497 g/mol. The van der Waals surface area contributed by atoms with Crippen molar-refractivity contribution in [2.45, 2.75) is 39.2 Å². The Kier molecular flexibility index (Phi) is 9.50. The van der Waals surface area contributed by atoms with Gasteiger partial charge in [-0.25, -0.2) is 13.4 Å². The summed E-state index contributed by atoms with van der Waals surface area (Å²) in [7, 11) is -3.61. The van der Waals surface area contributed by atoms with Crippen molar-refractivity contribution in [3.8, 4) is 0 Å². The minimum absolute atomic E-state index is 0.0847. The summed E-state index contributed by atoms with van der Waals surface area (Å²) in [5, 5.41) is 4.66. The second-order valence-corrected chi connectivity index (χ2v) is 9.62. The number of nitrogens with one attached hydrogen (secondary N) is 1. The molecule has 2 amide bonds. The molecule has 0 bridgehead atoms. The smallest absolute Gasteiger partial charge is 0.325 e. The molecule has 33 heavy (non-hydrogen) atoms. The largest absolute Gasteiger partial charge is 0.458 e. The van der Waals surface area contributed by atoms with E-state index in [4.69, 9.17) is 4.74 Å². The van der Waals surface area contributed by atoms with E-state index in [9.17, 15) is 22.8 Å². The number of esters is 1. The van der Waals surface area contributed by atoms with Crippen LogP contribution in [0.3, 0.4) is 0 Å². The van der Waals surface area contributed by atoms with Crippen LogP contribution in [0.15, 0.2) is 34.5 Å². The van der Waals surface area contributed by atoms with Crippen molar-refractivity contribution in [2.75, 3.05) is 31.1 Å². The zero-order chi connectivity index (χ0) is 24.6. The maximum atomic E-state index is 12.5. The third-order valence-corrected chi connectivity index (χ3v) is 7.68. The molecule has 1 N–H and O–H groups in total. The minimum Gasteiger partial charge on any atom is -0.458 e. The Balaban J connectivity index is 1.88. The van der Waals surface area contributed by atoms with E-state index in [0.29, 0.717) is 30.5 Å². The van der Waals surface area contributed by atoms with Crippen LogP contribution in [0.5, 0.6) is 0 Å². The van der Waals surface area contributed by atoms with E-state index in [1.807, 2.05) is 6.92 Å². The number of hydrogen-bond donors (Lipinski definition) is 1. The Bertz CT molecular complexity index is 1080. The Morgan fingerprint density at radius 1 is 1.06 bits per heavy atom. The van der Waals surface area contributed by atoms with Crippen molar-refractivity contribution >= 4 is 44.3 Å². The molecule has 0 aliphatic carbocycles. The van der Waals surface area contributed by atoms with E-state index in [-0.39, 0.29) is 29.5 Å². The topological polar surface area (TPSA) is 126 Å². The van der Waals surface area contributed by atoms with E-state index in [2.05, 4.69) is 10.3 Å². The highest BCUT2D eigenvalue weighted by atomic mass is 32.2. The number of anilines is 1. The number of hydrogen-bond acceptors (Lipinski definition) is 8. The van der Waals surface area contributed by atoms with E-state index >= 15 is 0 Å². The summed E-state index contributed by atoms with van der Waals surface area (Å²) < 4.78 is 31.5. The fourth-order valence-corrected chi connectivity index (χ4v) is 5.31. The number of carbonyl (C=O) groups excluding carboxylic acids is 3. The highest BCUT2D eigenvalue weighted by Gasteiger charge is 2.22. The van der Waals surface area contributed by atoms with E-state index in [1.165, 1.54) is 51.7 Å². The lowest BCUT2D eigenvalue weighted by atomic mass is 10.2. The fourth-order valence-electron chi connectivity index (χ4n) is 2.93. The van der Waals surface area contributed by atoms with Gasteiger partial charge in [-0.2, -0.15) is 4.31 Å². The Hall–Kier alpha value is -2.83. The summed E-state index contributed by atoms with van der Waals surface area (Å²) in [6, 6.07) is 5.51. The molecule has 0 aliphatic heterocycles. The van der Waals surface area contributed by atoms with Gasteiger partial charge in [-0.1, -0.05) is 13.8 Å². The number of amides is 2. The highest BCUT2D eigenvalue weighted by Crippen LogP contribution is 2.21. The van der Waals surface area contributed by atoms with Gasteiger partial charge in [-0.15, -0.1) is 11.3 Å². The van der Waals surface area contributed by atoms with Gasteiger partial charge >= 0.3 is 5.97 Å². The van der Waals surface area contributed by atoms with Gasteiger partial charge in [0, 0.05) is 37.5 Å². The van der Waals surface area contributed by atoms with Crippen molar-refractivity contribution in [3.63, 3.8) is 0 Å². The summed E-state index contributed by atoms with van der Waals surface area (Å²) in [6.45, 7) is 7.52. The highest BCUT2D eigenvalue weighted by molar-refractivity contribution is 7.89. The average Bonchev–Trinajstić information content (AvgIpc) is 3.25. The lowest BCUT2D eigenvalue weighted by Crippen LogP contribution is -2.31. The van der Waals surface area contributed by atoms with Crippen molar-refractivity contribution in [1.29, 1.82) is 0 Å². The van der Waals surface area contributed by atoms with E-state index in [0.717, 1.165) is 0 Å². The third kappa shape index (κ3) is 6.83. The maximum Gasteiger partial charge on any atom is 0.325 e. The summed E-state index contributed by atoms with van der Waals surface area (Å²) in [5.41, 5.74) is 0.716. The van der Waals surface area contributed by atoms with Crippen molar-refractivity contribution in [3.05, 3.63) is 40.9 Å². The molecule has 2 aromatic rings. The summed E-state index contributed by atoms with van der Waals surface area (Å²) in [5.74, 6) is -1.32. The molecule has 0 aliphatic rings. The van der Waals surface area contributed by atoms with Crippen LogP contribution in [0.1, 0.15) is 43.7 Å². The maximum absolute atomic E-state index is 12.5. The molecule has 1 aromatic carbocycles. The molecule has 12 heteroatoms. The molecule has 1 aromatic heterocycles. The van der Waals surface area contributed by atoms with Crippen molar-refractivity contribution in [2.24, 2.45) is 0 Å². The number of benzene rings is 1. The van der Waals surface area contributed by atoms with Crippen LogP contribution < -0.4 is 10.2 Å². The minimum atomic E-state index is -3.61. The van der Waals surface area contributed by atoms with Crippen LogP contribution >= 0.6 is 11.3 Å². The van der Waals surface area contributed by atoms with Crippen molar-refractivity contribution < 1.29 is 27.5 Å². The number of aromatic nitrogens is 1. The first-order valence-electron chi connectivity index (χ1n) is 10.4. The lowest BCUT2D eigenvalue weighted by molar-refractivity contribution is -0.143. The van der Waals surface area contributed by atoms with Gasteiger partial charge in [0.05, 0.1) is 10.6 Å². The predicted molar refractivity (Wildman–Crippen MR) is 124 cm³/mol. The van der Waals surface area contributed by atoms with Crippen LogP contribution in [-0.2, 0) is 31.0 Å². The first-order chi connectivity index (χ1) is 15.6. The van der Waals surface area contributed by atoms with Crippen LogP contribution in [0.25, 0.3) is 0 Å². The van der Waals surface area contributed by atoms with Gasteiger partial charge < -0.3 is 10.1 Å². The zero-order valence-corrected chi connectivity index (χ0v) is 20.7. The molecule has 0 saturated heterocycles. The predicted octanol–water partition coefficient (Wildman–Crippen LogP) is 2.02. The Labute approximate surface area is 197 Å². The molecule has 180 valence electrons. The van der Waals surface area contributed by atoms with Gasteiger partial charge in [0.25, 0.3) is 5.91 Å². The fraction of sp³-hybridized carbons (Fsp3) is 0.429. The molecule has 0 unspecified atom stereocenters. The van der Waals surface area contributed by atoms with Crippen LogP contribution in [0.4, 0.5) is 5.13 Å². The number of carbonyl (C=O) groups is 3. The first-order valence-corrected chi connectivity index (χ1v) is 12.7. The monoisotopic (exact) mass is 496 g/mol. The second-order valence-electron chi connectivity index (χ2n) is 6.84. The number of thiazole rings is 1. The van der Waals surface area contributed by atoms with Crippen LogP contribution in [0, 0.1) is 0 Å². The van der Waals surface area contributed by atoms with Crippen LogP contribution in [0.2, 0.25) is 0 Å². The van der Waals surface area contributed by atoms with Gasteiger partial charge in [0.2, 0.25) is 15.9 Å². The standard InChI is InChI=1S/C21H28N4O6S2/c1-5-24(6-2)33(29,30)18-10-8-16(9-11-18)20(28)22-12-19(27)31-13-17-14-32-21(23-17)25(7-3)15(4)26/h8-11,14H,5-7,12-13H2,1-4H3,(H,22,28). The molecule has 0 spiro atoms. The summed E-state index contributed by atoms with van der Waals surface area (Å²) >= 11 is 1.27. The molecule has 0 saturated carbocycles. The normalized spacial score (nSPS) is 11.3. The van der Waals surface area contributed by atoms with E-state index in [1.54, 1.807) is 19.2 Å². The molecule has 2 rings (SSSR count). The zero-order valence-electron chi connectivity index (χ0n) is 19.0. The number of rotatable bonds is 11. The Morgan fingerprint density at radius 2 is 1.70 bits per heavy atom. The molecule has 0 fully saturated rings. The Morgan fingerprint density at radius 3 is 2.24 bits per heavy atom. The van der Waals surface area contributed by atoms with Gasteiger partial charge in [0.15, 0.2) is 5.13 Å². The SMILES string of the molecule is CCN(C(C)=O)c1nc(COC(=O)CNC(=O)c2ccc(S(=O)(=O)N(CC)CC)cc2)cs1. The number of nitrogens with zero attached hydrogens (tertiary/aromatic N) is 3. The van der Waals surface area contributed by atoms with Gasteiger partial charge in [0.1, 0.15) is 13.2 Å². The quantitative estimate of drug-likeness (QED) is 0.472. The molecule has 0 atom stereocenters. The second kappa shape index (κ2) is 11.9. The third-order valence-electron chi connectivity index (χ3n) is 4.70. The van der Waals surface area contributed by atoms with Gasteiger partial charge in [-0.3, -0.25) is 19.3 Å². The molecule has 0 radical (unpaired) electrons. The summed E-state index contributed by atoms with van der Waals surface area (Å²) in [6.07, 6.45) is 0. The molecule has 1 heterocycles. The lowest BCUT2D eigenvalue weighted by Gasteiger charge is -2.18. The van der Waals surface area contributed by atoms with Gasteiger partial charge in [-0.05, 0) is 31.2 Å². The number of ether oxygens (including phenoxy) is 1. The molecular weight excluding hydrogens is 468 g/mol. The van der Waals surface area contributed by atoms with Crippen LogP contribution in [-0.4, -0.2) is 61.7 Å².